The average Bonchev–Trinajstić information content (AvgIpc) is 3.56. The number of nitrogens with one attached hydrogen (secondary N) is 1. The van der Waals surface area contributed by atoms with Gasteiger partial charge in [0.25, 0.3) is 11.8 Å². The number of aromatic nitrogens is 2. The number of carbonyl (C=O) groups excluding carboxylic acids is 3. The molecule has 0 aliphatic carbocycles. The Bertz CT molecular complexity index is 1590. The van der Waals surface area contributed by atoms with Gasteiger partial charge < -0.3 is 20.1 Å². The fraction of sp³-hybridized carbons (Fsp3) is 0.438. The number of hydroxylamine groups is 1. The van der Waals surface area contributed by atoms with Gasteiger partial charge in [-0.25, -0.2) is 10.0 Å². The Kier molecular flexibility index (Phi) is 6.79. The van der Waals surface area contributed by atoms with Crippen molar-refractivity contribution in [1.82, 2.24) is 19.8 Å². The van der Waals surface area contributed by atoms with Crippen molar-refractivity contribution < 1.29 is 29.4 Å². The van der Waals surface area contributed by atoms with Crippen molar-refractivity contribution >= 4 is 29.4 Å². The average molecular weight is 590 g/mol. The van der Waals surface area contributed by atoms with Gasteiger partial charge in [0, 0.05) is 30.0 Å². The van der Waals surface area contributed by atoms with Crippen molar-refractivity contribution in [3.8, 4) is 0 Å². The monoisotopic (exact) mass is 589 g/mol. The van der Waals surface area contributed by atoms with E-state index in [1.54, 1.807) is 37.0 Å². The molecule has 1 saturated heterocycles. The number of hydrogen-bond acceptors (Lipinski definition) is 8. The van der Waals surface area contributed by atoms with Crippen molar-refractivity contribution in [1.29, 1.82) is 0 Å². The van der Waals surface area contributed by atoms with Crippen LogP contribution in [0, 0.1) is 5.41 Å². The number of allylic oxidation sites excluding steroid dienone is 1. The number of anilines is 1. The Hall–Kier alpha value is -4.22. The minimum atomic E-state index is -1.62. The lowest BCUT2D eigenvalue weighted by Gasteiger charge is -2.56. The number of imidazole rings is 1. The SMILES string of the molecule is C=CC(C)(C)[C@@]12C=C(O)C(=O)N3/C(=C/c4cn(C(C)(C)CC(=O)CC(C)(C)O)cn4)C(=O)N[C@]31N(OC)c1ccccc12. The number of aliphatic hydroxyl groups is 2. The third-order valence-corrected chi connectivity index (χ3v) is 8.81. The summed E-state index contributed by atoms with van der Waals surface area (Å²) in [6, 6.07) is 7.40. The smallest absolute Gasteiger partial charge is 0.296 e. The minimum Gasteiger partial charge on any atom is -0.503 e. The second-order valence-corrected chi connectivity index (χ2v) is 13.3. The van der Waals surface area contributed by atoms with E-state index in [9.17, 15) is 24.6 Å². The molecule has 0 bridgehead atoms. The van der Waals surface area contributed by atoms with E-state index < -0.39 is 45.3 Å². The molecule has 0 unspecified atom stereocenters. The molecule has 4 heterocycles. The highest BCUT2D eigenvalue weighted by molar-refractivity contribution is 6.10. The Balaban J connectivity index is 1.64. The fourth-order valence-corrected chi connectivity index (χ4v) is 6.80. The van der Waals surface area contributed by atoms with Gasteiger partial charge in [0.05, 0.1) is 35.8 Å². The third-order valence-electron chi connectivity index (χ3n) is 8.81. The molecule has 0 saturated carbocycles. The molecule has 1 fully saturated rings. The summed E-state index contributed by atoms with van der Waals surface area (Å²) < 4.78 is 1.76. The zero-order valence-corrected chi connectivity index (χ0v) is 25.6. The minimum absolute atomic E-state index is 0.0135. The Morgan fingerprint density at radius 1 is 1.14 bits per heavy atom. The largest absolute Gasteiger partial charge is 0.503 e. The van der Waals surface area contributed by atoms with Crippen LogP contribution in [0.25, 0.3) is 6.08 Å². The molecule has 11 nitrogen and oxygen atoms in total. The van der Waals surface area contributed by atoms with Crippen LogP contribution < -0.4 is 10.4 Å². The van der Waals surface area contributed by atoms with Crippen LogP contribution in [0.5, 0.6) is 0 Å². The van der Waals surface area contributed by atoms with E-state index >= 15 is 0 Å². The third kappa shape index (κ3) is 4.24. The van der Waals surface area contributed by atoms with E-state index in [4.69, 9.17) is 4.84 Å². The van der Waals surface area contributed by atoms with E-state index in [0.717, 1.165) is 5.56 Å². The lowest BCUT2D eigenvalue weighted by Crippen LogP contribution is -2.76. The van der Waals surface area contributed by atoms with Crippen LogP contribution in [-0.4, -0.2) is 60.8 Å². The number of fused-ring (bicyclic) bond motifs is 2. The maximum atomic E-state index is 13.9. The maximum Gasteiger partial charge on any atom is 0.296 e. The second-order valence-electron chi connectivity index (χ2n) is 13.3. The summed E-state index contributed by atoms with van der Waals surface area (Å²) >= 11 is 0. The number of nitrogens with zero attached hydrogens (tertiary/aromatic N) is 4. The molecule has 3 N–H and O–H groups in total. The molecule has 2 aromatic rings. The van der Waals surface area contributed by atoms with Gasteiger partial charge in [0.2, 0.25) is 5.79 Å². The molecular weight excluding hydrogens is 550 g/mol. The van der Waals surface area contributed by atoms with Gasteiger partial charge >= 0.3 is 0 Å². The molecule has 43 heavy (non-hydrogen) atoms. The van der Waals surface area contributed by atoms with Crippen LogP contribution in [0.15, 0.2) is 67.0 Å². The predicted octanol–water partition coefficient (Wildman–Crippen LogP) is 3.68. The fourth-order valence-electron chi connectivity index (χ4n) is 6.80. The molecule has 228 valence electrons. The molecule has 2 amide bonds. The second kappa shape index (κ2) is 9.65. The van der Waals surface area contributed by atoms with Crippen molar-refractivity contribution in [2.45, 2.75) is 76.7 Å². The van der Waals surface area contributed by atoms with Crippen molar-refractivity contribution in [2.75, 3.05) is 12.2 Å². The van der Waals surface area contributed by atoms with E-state index in [2.05, 4.69) is 16.9 Å². The number of amides is 2. The first-order chi connectivity index (χ1) is 20.0. The first kappa shape index (κ1) is 30.2. The highest BCUT2D eigenvalue weighted by atomic mass is 16.7. The quantitative estimate of drug-likeness (QED) is 0.298. The van der Waals surface area contributed by atoms with Crippen LogP contribution in [0.2, 0.25) is 0 Å². The highest BCUT2D eigenvalue weighted by Gasteiger charge is 2.77. The van der Waals surface area contributed by atoms with Crippen LogP contribution in [-0.2, 0) is 30.2 Å². The molecule has 3 aliphatic rings. The first-order valence-corrected chi connectivity index (χ1v) is 14.1. The number of aliphatic hydroxyl groups excluding tert-OH is 1. The van der Waals surface area contributed by atoms with Gasteiger partial charge in [-0.15, -0.1) is 6.58 Å². The van der Waals surface area contributed by atoms with E-state index in [1.807, 2.05) is 52.0 Å². The summed E-state index contributed by atoms with van der Waals surface area (Å²) in [5, 5.41) is 25.8. The predicted molar refractivity (Wildman–Crippen MR) is 160 cm³/mol. The van der Waals surface area contributed by atoms with Gasteiger partial charge in [0.1, 0.15) is 11.5 Å². The van der Waals surface area contributed by atoms with Gasteiger partial charge in [-0.05, 0) is 51.5 Å². The normalized spacial score (nSPS) is 24.5. The lowest BCUT2D eigenvalue weighted by molar-refractivity contribution is -0.144. The highest BCUT2D eigenvalue weighted by Crippen LogP contribution is 2.64. The van der Waals surface area contributed by atoms with E-state index in [1.165, 1.54) is 29.2 Å². The topological polar surface area (TPSA) is 137 Å². The van der Waals surface area contributed by atoms with Gasteiger partial charge in [-0.1, -0.05) is 38.1 Å². The summed E-state index contributed by atoms with van der Waals surface area (Å²) in [6.45, 7) is 14.8. The lowest BCUT2D eigenvalue weighted by atomic mass is 9.57. The molecule has 1 aromatic heterocycles. The van der Waals surface area contributed by atoms with Crippen molar-refractivity contribution in [3.05, 3.63) is 78.2 Å². The number of rotatable bonds is 9. The molecule has 2 atom stereocenters. The zero-order chi connectivity index (χ0) is 31.8. The summed E-state index contributed by atoms with van der Waals surface area (Å²) in [4.78, 5) is 52.0. The summed E-state index contributed by atoms with van der Waals surface area (Å²) in [7, 11) is 1.46. The molecule has 1 spiro atoms. The first-order valence-electron chi connectivity index (χ1n) is 14.1. The van der Waals surface area contributed by atoms with Crippen LogP contribution in [0.4, 0.5) is 5.69 Å². The standard InChI is InChI=1S/C32H39N5O6/c1-9-28(2,3)31-17-25(39)27(41)36-24(26(40)34-32(31,36)37(43-8)23-13-11-10-12-22(23)31)14-20-18-35(19-33-20)29(4,5)15-21(38)16-30(6,7)42/h9-14,17-19,39,42H,1,15-16H2,2-8H3,(H,34,40)/b24-14+/t31-,32-/m0/s1. The Morgan fingerprint density at radius 3 is 2.44 bits per heavy atom. The maximum absolute atomic E-state index is 13.9. The number of Topliss-reactive ketones (excluding diaryl/α,β-unsaturated/α-hetero) is 1. The van der Waals surface area contributed by atoms with Crippen molar-refractivity contribution in [2.24, 2.45) is 5.41 Å². The van der Waals surface area contributed by atoms with Crippen molar-refractivity contribution in [3.63, 3.8) is 0 Å². The summed E-state index contributed by atoms with van der Waals surface area (Å²) in [5.74, 6) is -3.60. The summed E-state index contributed by atoms with van der Waals surface area (Å²) in [6.07, 6.45) is 8.12. The number of ketones is 1. The zero-order valence-electron chi connectivity index (χ0n) is 25.6. The van der Waals surface area contributed by atoms with Crippen LogP contribution in [0.1, 0.15) is 65.6 Å². The van der Waals surface area contributed by atoms with Gasteiger partial charge in [-0.2, -0.15) is 0 Å². The van der Waals surface area contributed by atoms with E-state index in [0.29, 0.717) is 11.4 Å². The van der Waals surface area contributed by atoms with Gasteiger partial charge in [0.15, 0.2) is 5.76 Å². The van der Waals surface area contributed by atoms with E-state index in [-0.39, 0.29) is 24.3 Å². The molecular formula is C32H39N5O6. The van der Waals surface area contributed by atoms with Gasteiger partial charge in [-0.3, -0.25) is 24.1 Å². The number of hydrogen-bond donors (Lipinski definition) is 3. The number of para-hydroxylation sites is 1. The number of carbonyl (C=O) groups is 3. The molecule has 5 rings (SSSR count). The Morgan fingerprint density at radius 2 is 1.81 bits per heavy atom. The molecule has 1 aromatic carbocycles. The number of benzene rings is 1. The van der Waals surface area contributed by atoms with Crippen LogP contribution in [0.3, 0.4) is 0 Å². The molecule has 0 radical (unpaired) electrons. The van der Waals surface area contributed by atoms with Crippen LogP contribution >= 0.6 is 0 Å². The summed E-state index contributed by atoms with van der Waals surface area (Å²) in [5.41, 5.74) is -2.18. The molecule has 3 aliphatic heterocycles. The molecule has 11 heteroatoms. The Labute approximate surface area is 251 Å².